The second-order valence-corrected chi connectivity index (χ2v) is 1.52. The summed E-state index contributed by atoms with van der Waals surface area (Å²) in [4.78, 5) is 9.90. The Morgan fingerprint density at radius 1 is 1.56 bits per heavy atom. The fourth-order valence-electron chi connectivity index (χ4n) is 0.407. The molecule has 1 unspecified atom stereocenters. The van der Waals surface area contributed by atoms with Crippen molar-refractivity contribution in [2.45, 2.75) is 6.04 Å². The Balaban J connectivity index is 0. The first-order valence-corrected chi connectivity index (χ1v) is 2.54. The fourth-order valence-corrected chi connectivity index (χ4v) is 0.407. The van der Waals surface area contributed by atoms with Crippen molar-refractivity contribution in [3.05, 3.63) is 0 Å². The number of carbonyl (C=O) groups excluding carboxylic acids is 1. The monoisotopic (exact) mass is 204 g/mol. The molecule has 0 aliphatic heterocycles. The summed E-state index contributed by atoms with van der Waals surface area (Å²) >= 11 is 0. The number of rotatable bonds is 4. The van der Waals surface area contributed by atoms with Crippen LogP contribution in [-0.4, -0.2) is 33.0 Å². The van der Waals surface area contributed by atoms with Crippen molar-refractivity contribution >= 4 is 6.29 Å². The summed E-state index contributed by atoms with van der Waals surface area (Å²) in [7, 11) is 3.52. The van der Waals surface area contributed by atoms with Crippen molar-refractivity contribution in [1.29, 1.82) is 0 Å². The van der Waals surface area contributed by atoms with Gasteiger partial charge in [0.05, 0.1) is 0 Å². The van der Waals surface area contributed by atoms with Crippen LogP contribution in [0.15, 0.2) is 0 Å². The van der Waals surface area contributed by atoms with Gasteiger partial charge >= 0.3 is 0 Å². The minimum atomic E-state index is -0.167. The molecule has 2 N–H and O–H groups in total. The van der Waals surface area contributed by atoms with Gasteiger partial charge in [0.2, 0.25) is 0 Å². The third-order valence-corrected chi connectivity index (χ3v) is 0.899. The molecular formula is C5H11N2OY-. The summed E-state index contributed by atoms with van der Waals surface area (Å²) in [6.45, 7) is 0.639. The molecule has 4 heteroatoms. The van der Waals surface area contributed by atoms with Gasteiger partial charge in [-0.2, -0.15) is 0 Å². The Hall–Kier alpha value is 0.694. The fraction of sp³-hybridized carbons (Fsp3) is 0.800. The number of likely N-dealkylation sites (N-methyl/N-ethyl adjacent to an activating group) is 2. The summed E-state index contributed by atoms with van der Waals surface area (Å²) in [5.41, 5.74) is 0. The van der Waals surface area contributed by atoms with Gasteiger partial charge < -0.3 is 15.4 Å². The maximum absolute atomic E-state index is 9.90. The molecule has 0 aromatic carbocycles. The van der Waals surface area contributed by atoms with Crippen LogP contribution in [0.25, 0.3) is 0 Å². The zero-order valence-corrected chi connectivity index (χ0v) is 8.61. The van der Waals surface area contributed by atoms with E-state index in [1.807, 2.05) is 6.29 Å². The predicted octanol–water partition coefficient (Wildman–Crippen LogP) is -1.10. The Bertz CT molecular complexity index is 70.0. The van der Waals surface area contributed by atoms with Crippen molar-refractivity contribution in [3.8, 4) is 0 Å². The van der Waals surface area contributed by atoms with E-state index in [4.69, 9.17) is 0 Å². The summed E-state index contributed by atoms with van der Waals surface area (Å²) in [6.07, 6.45) is 1.83. The van der Waals surface area contributed by atoms with Gasteiger partial charge in [-0.15, -0.1) is 0 Å². The van der Waals surface area contributed by atoms with E-state index in [0.29, 0.717) is 6.54 Å². The third kappa shape index (κ3) is 6.58. The standard InChI is InChI=1S/C5H11N2O.Y/c1-6-3-5(4-8)7-2;/h5-7H,3H2,1-2H3;/q-1;. The van der Waals surface area contributed by atoms with Crippen molar-refractivity contribution in [3.63, 3.8) is 0 Å². The molecule has 51 valence electrons. The quantitative estimate of drug-likeness (QED) is 0.571. The molecule has 0 bridgehead atoms. The molecule has 0 aliphatic carbocycles. The molecular weight excluding hydrogens is 193 g/mol. The second-order valence-electron chi connectivity index (χ2n) is 1.52. The number of nitrogens with one attached hydrogen (secondary N) is 2. The minimum Gasteiger partial charge on any atom is -0.540 e. The molecule has 0 fully saturated rings. The maximum Gasteiger partial charge on any atom is 0 e. The Morgan fingerprint density at radius 3 is 2.22 bits per heavy atom. The molecule has 3 nitrogen and oxygen atoms in total. The maximum atomic E-state index is 9.90. The molecule has 9 heavy (non-hydrogen) atoms. The molecule has 1 atom stereocenters. The van der Waals surface area contributed by atoms with Gasteiger partial charge in [0.15, 0.2) is 0 Å². The van der Waals surface area contributed by atoms with Crippen molar-refractivity contribution in [2.24, 2.45) is 0 Å². The van der Waals surface area contributed by atoms with E-state index < -0.39 is 0 Å². The van der Waals surface area contributed by atoms with E-state index in [1.54, 1.807) is 14.1 Å². The molecule has 1 radical (unpaired) electrons. The SMILES string of the molecule is CNCC([C-]=O)NC.[Y]. The Kier molecular flexibility index (Phi) is 12.0. The van der Waals surface area contributed by atoms with E-state index in [2.05, 4.69) is 10.6 Å². The molecule has 0 amide bonds. The first-order valence-electron chi connectivity index (χ1n) is 2.54. The number of hydrogen-bond acceptors (Lipinski definition) is 3. The smallest absolute Gasteiger partial charge is 0 e. The normalized spacial score (nSPS) is 11.8. The van der Waals surface area contributed by atoms with Crippen molar-refractivity contribution < 1.29 is 37.5 Å². The average molecular weight is 204 g/mol. The van der Waals surface area contributed by atoms with Crippen LogP contribution in [0.3, 0.4) is 0 Å². The first-order chi connectivity index (χ1) is 3.85. The van der Waals surface area contributed by atoms with Gasteiger partial charge in [0, 0.05) is 32.7 Å². The largest absolute Gasteiger partial charge is 0.540 e. The Morgan fingerprint density at radius 2 is 2.11 bits per heavy atom. The van der Waals surface area contributed by atoms with Gasteiger partial charge in [0.1, 0.15) is 0 Å². The van der Waals surface area contributed by atoms with Crippen LogP contribution >= 0.6 is 0 Å². The molecule has 0 aromatic heterocycles. The van der Waals surface area contributed by atoms with Crippen LogP contribution < -0.4 is 10.6 Å². The molecule has 0 saturated heterocycles. The molecule has 0 heterocycles. The van der Waals surface area contributed by atoms with Gasteiger partial charge in [-0.1, -0.05) is 6.04 Å². The first kappa shape index (κ1) is 12.4. The molecule has 0 saturated carbocycles. The van der Waals surface area contributed by atoms with E-state index in [0.717, 1.165) is 0 Å². The third-order valence-electron chi connectivity index (χ3n) is 0.899. The van der Waals surface area contributed by atoms with Crippen LogP contribution in [-0.2, 0) is 37.5 Å². The number of hydrogen-bond donors (Lipinski definition) is 2. The van der Waals surface area contributed by atoms with E-state index in [1.165, 1.54) is 0 Å². The molecule has 0 aromatic rings. The van der Waals surface area contributed by atoms with Gasteiger partial charge in [-0.05, 0) is 20.6 Å². The van der Waals surface area contributed by atoms with Gasteiger partial charge in [-0.3, -0.25) is 0 Å². The van der Waals surface area contributed by atoms with Crippen LogP contribution in [0.2, 0.25) is 0 Å². The molecule has 0 aliphatic rings. The van der Waals surface area contributed by atoms with Gasteiger partial charge in [0.25, 0.3) is 0 Å². The van der Waals surface area contributed by atoms with Gasteiger partial charge in [-0.25, -0.2) is 6.29 Å². The van der Waals surface area contributed by atoms with Crippen LogP contribution in [0, 0.1) is 0 Å². The summed E-state index contributed by atoms with van der Waals surface area (Å²) < 4.78 is 0. The second kappa shape index (κ2) is 8.69. The van der Waals surface area contributed by atoms with Crippen molar-refractivity contribution in [1.82, 2.24) is 10.6 Å². The summed E-state index contributed by atoms with van der Waals surface area (Å²) in [5.74, 6) is 0. The van der Waals surface area contributed by atoms with E-state index in [-0.39, 0.29) is 38.8 Å². The van der Waals surface area contributed by atoms with E-state index in [9.17, 15) is 4.79 Å². The summed E-state index contributed by atoms with van der Waals surface area (Å²) in [5, 5.41) is 5.61. The van der Waals surface area contributed by atoms with Crippen molar-refractivity contribution in [2.75, 3.05) is 20.6 Å². The predicted molar refractivity (Wildman–Crippen MR) is 32.5 cm³/mol. The average Bonchev–Trinajstić information content (AvgIpc) is 1.83. The molecule has 0 rings (SSSR count). The van der Waals surface area contributed by atoms with Crippen LogP contribution in [0.5, 0.6) is 0 Å². The minimum absolute atomic E-state index is 0. The van der Waals surface area contributed by atoms with Crippen LogP contribution in [0.4, 0.5) is 0 Å². The molecule has 0 spiro atoms. The Labute approximate surface area is 80.8 Å². The van der Waals surface area contributed by atoms with E-state index >= 15 is 0 Å². The topological polar surface area (TPSA) is 41.1 Å². The summed E-state index contributed by atoms with van der Waals surface area (Å²) in [6, 6.07) is -0.167. The zero-order chi connectivity index (χ0) is 6.41. The van der Waals surface area contributed by atoms with Crippen LogP contribution in [0.1, 0.15) is 0 Å². The zero-order valence-electron chi connectivity index (χ0n) is 5.77.